The van der Waals surface area contributed by atoms with E-state index in [1.54, 1.807) is 12.1 Å². The molecule has 2 fully saturated rings. The van der Waals surface area contributed by atoms with E-state index >= 15 is 0 Å². The molecule has 2 aliphatic carbocycles. The molecule has 0 radical (unpaired) electrons. The highest BCUT2D eigenvalue weighted by molar-refractivity contribution is 5.70. The van der Waals surface area contributed by atoms with E-state index < -0.39 is 0 Å². The first kappa shape index (κ1) is 12.5. The molecule has 19 heavy (non-hydrogen) atoms. The molecule has 3 rings (SSSR count). The lowest BCUT2D eigenvalue weighted by atomic mass is 9.84. The third kappa shape index (κ3) is 2.75. The van der Waals surface area contributed by atoms with Crippen LogP contribution in [0.1, 0.15) is 32.6 Å². The number of fused-ring (bicyclic) bond motifs is 2. The fourth-order valence-electron chi connectivity index (χ4n) is 3.82. The minimum atomic E-state index is -0.332. The summed E-state index contributed by atoms with van der Waals surface area (Å²) in [5, 5.41) is 2.99. The molecule has 3 heteroatoms. The topological polar surface area (TPSA) is 38.3 Å². The van der Waals surface area contributed by atoms with Crippen LogP contribution in [0.2, 0.25) is 0 Å². The Morgan fingerprint density at radius 3 is 2.68 bits per heavy atom. The third-order valence-electron chi connectivity index (χ3n) is 4.73. The average molecular weight is 259 g/mol. The van der Waals surface area contributed by atoms with Crippen LogP contribution in [0.15, 0.2) is 30.3 Å². The van der Waals surface area contributed by atoms with Gasteiger partial charge in [-0.25, -0.2) is 4.79 Å². The lowest BCUT2D eigenvalue weighted by molar-refractivity contribution is 0.184. The van der Waals surface area contributed by atoms with Crippen molar-refractivity contribution in [3.05, 3.63) is 30.3 Å². The zero-order valence-corrected chi connectivity index (χ0v) is 11.3. The molecule has 1 aromatic rings. The first-order chi connectivity index (χ1) is 9.22. The Morgan fingerprint density at radius 2 is 2.05 bits per heavy atom. The van der Waals surface area contributed by atoms with Crippen LogP contribution in [0, 0.1) is 17.8 Å². The average Bonchev–Trinajstić information content (AvgIpc) is 3.02. The van der Waals surface area contributed by atoms with Crippen LogP contribution in [-0.4, -0.2) is 12.1 Å². The predicted molar refractivity (Wildman–Crippen MR) is 74.0 cm³/mol. The van der Waals surface area contributed by atoms with Gasteiger partial charge in [0, 0.05) is 6.04 Å². The van der Waals surface area contributed by atoms with E-state index in [-0.39, 0.29) is 12.1 Å². The number of ether oxygens (including phenoxy) is 1. The van der Waals surface area contributed by atoms with Gasteiger partial charge >= 0.3 is 6.09 Å². The van der Waals surface area contributed by atoms with Gasteiger partial charge < -0.3 is 10.1 Å². The van der Waals surface area contributed by atoms with E-state index in [0.717, 1.165) is 11.8 Å². The number of amides is 1. The summed E-state index contributed by atoms with van der Waals surface area (Å²) < 4.78 is 5.27. The Hall–Kier alpha value is -1.51. The monoisotopic (exact) mass is 259 g/mol. The van der Waals surface area contributed by atoms with E-state index in [1.165, 1.54) is 25.7 Å². The molecule has 0 unspecified atom stereocenters. The van der Waals surface area contributed by atoms with Crippen LogP contribution < -0.4 is 10.1 Å². The predicted octanol–water partition coefficient (Wildman–Crippen LogP) is 3.60. The second-order valence-corrected chi connectivity index (χ2v) is 5.97. The molecular weight excluding hydrogens is 238 g/mol. The molecule has 2 aliphatic rings. The van der Waals surface area contributed by atoms with Crippen LogP contribution in [0.4, 0.5) is 4.79 Å². The van der Waals surface area contributed by atoms with E-state index in [0.29, 0.717) is 11.7 Å². The molecule has 1 amide bonds. The first-order valence-corrected chi connectivity index (χ1v) is 7.26. The first-order valence-electron chi connectivity index (χ1n) is 7.26. The van der Waals surface area contributed by atoms with Gasteiger partial charge in [-0.2, -0.15) is 0 Å². The van der Waals surface area contributed by atoms with Crippen molar-refractivity contribution in [1.29, 1.82) is 0 Å². The van der Waals surface area contributed by atoms with Gasteiger partial charge in [0.1, 0.15) is 5.75 Å². The summed E-state index contributed by atoms with van der Waals surface area (Å²) in [6, 6.07) is 9.43. The van der Waals surface area contributed by atoms with Gasteiger partial charge in [-0.05, 0) is 56.1 Å². The van der Waals surface area contributed by atoms with Gasteiger partial charge in [-0.15, -0.1) is 0 Å². The number of carbonyl (C=O) groups excluding carboxylic acids is 1. The van der Waals surface area contributed by atoms with Gasteiger partial charge in [0.15, 0.2) is 0 Å². The van der Waals surface area contributed by atoms with Crippen molar-refractivity contribution < 1.29 is 9.53 Å². The fraction of sp³-hybridized carbons (Fsp3) is 0.562. The summed E-state index contributed by atoms with van der Waals surface area (Å²) in [5.41, 5.74) is 0. The Kier molecular flexibility index (Phi) is 3.45. The molecule has 4 atom stereocenters. The summed E-state index contributed by atoms with van der Waals surface area (Å²) in [6.45, 7) is 2.11. The second-order valence-electron chi connectivity index (χ2n) is 5.97. The largest absolute Gasteiger partial charge is 0.412 e. The van der Waals surface area contributed by atoms with Crippen LogP contribution in [0.25, 0.3) is 0 Å². The number of para-hydroxylation sites is 1. The number of carbonyl (C=O) groups is 1. The number of rotatable bonds is 3. The molecule has 0 heterocycles. The van der Waals surface area contributed by atoms with E-state index in [4.69, 9.17) is 4.74 Å². The molecule has 2 saturated carbocycles. The fourth-order valence-corrected chi connectivity index (χ4v) is 3.82. The van der Waals surface area contributed by atoms with Gasteiger partial charge in [-0.3, -0.25) is 0 Å². The quantitative estimate of drug-likeness (QED) is 0.900. The van der Waals surface area contributed by atoms with Crippen LogP contribution in [0.3, 0.4) is 0 Å². The normalized spacial score (nSPS) is 30.1. The molecule has 2 bridgehead atoms. The second kappa shape index (κ2) is 5.24. The molecule has 0 saturated heterocycles. The highest BCUT2D eigenvalue weighted by Gasteiger charge is 2.42. The summed E-state index contributed by atoms with van der Waals surface area (Å²) >= 11 is 0. The Balaban J connectivity index is 1.52. The van der Waals surface area contributed by atoms with Gasteiger partial charge in [0.2, 0.25) is 0 Å². The molecule has 1 N–H and O–H groups in total. The van der Waals surface area contributed by atoms with Crippen molar-refractivity contribution >= 4 is 6.09 Å². The van der Waals surface area contributed by atoms with Crippen molar-refractivity contribution in [2.45, 2.75) is 38.6 Å². The van der Waals surface area contributed by atoms with Crippen LogP contribution in [-0.2, 0) is 0 Å². The summed E-state index contributed by atoms with van der Waals surface area (Å²) in [4.78, 5) is 11.9. The maximum Gasteiger partial charge on any atom is 0.412 e. The summed E-state index contributed by atoms with van der Waals surface area (Å²) in [5.74, 6) is 2.96. The number of nitrogens with one attached hydrogen (secondary N) is 1. The number of hydrogen-bond acceptors (Lipinski definition) is 2. The summed E-state index contributed by atoms with van der Waals surface area (Å²) in [7, 11) is 0. The van der Waals surface area contributed by atoms with E-state index in [2.05, 4.69) is 12.2 Å². The van der Waals surface area contributed by atoms with Crippen molar-refractivity contribution in [3.8, 4) is 5.75 Å². The Bertz CT molecular complexity index is 445. The number of hydrogen-bond donors (Lipinski definition) is 1. The minimum absolute atomic E-state index is 0.214. The maximum atomic E-state index is 11.9. The molecule has 0 aliphatic heterocycles. The van der Waals surface area contributed by atoms with Gasteiger partial charge in [0.25, 0.3) is 0 Å². The van der Waals surface area contributed by atoms with E-state index in [1.807, 2.05) is 18.2 Å². The van der Waals surface area contributed by atoms with Crippen molar-refractivity contribution in [3.63, 3.8) is 0 Å². The zero-order chi connectivity index (χ0) is 13.2. The molecule has 0 spiro atoms. The van der Waals surface area contributed by atoms with Crippen molar-refractivity contribution in [2.75, 3.05) is 0 Å². The standard InChI is InChI=1S/C16H21NO2/c1-11(15-10-12-7-8-13(15)9-12)17-16(18)19-14-5-3-2-4-6-14/h2-6,11-13,15H,7-10H2,1H3,(H,17,18)/t11-,12-,13-,15-/m0/s1. The zero-order valence-electron chi connectivity index (χ0n) is 11.3. The van der Waals surface area contributed by atoms with Gasteiger partial charge in [-0.1, -0.05) is 24.6 Å². The van der Waals surface area contributed by atoms with Crippen LogP contribution in [0.5, 0.6) is 5.75 Å². The minimum Gasteiger partial charge on any atom is -0.410 e. The number of benzene rings is 1. The molecule has 1 aromatic carbocycles. The Morgan fingerprint density at radius 1 is 1.26 bits per heavy atom. The van der Waals surface area contributed by atoms with Gasteiger partial charge in [0.05, 0.1) is 0 Å². The van der Waals surface area contributed by atoms with Crippen molar-refractivity contribution in [2.24, 2.45) is 17.8 Å². The smallest absolute Gasteiger partial charge is 0.410 e. The van der Waals surface area contributed by atoms with Crippen LogP contribution >= 0.6 is 0 Å². The molecule has 102 valence electrons. The SMILES string of the molecule is C[C@H](NC(=O)Oc1ccccc1)[C@@H]1C[C@H]2CC[C@H]1C2. The molecular formula is C16H21NO2. The lowest BCUT2D eigenvalue weighted by Gasteiger charge is -2.28. The third-order valence-corrected chi connectivity index (χ3v) is 4.73. The summed E-state index contributed by atoms with van der Waals surface area (Å²) in [6.07, 6.45) is 5.04. The van der Waals surface area contributed by atoms with E-state index in [9.17, 15) is 4.79 Å². The Labute approximate surface area is 114 Å². The molecule has 3 nitrogen and oxygen atoms in total. The maximum absolute atomic E-state index is 11.9. The van der Waals surface area contributed by atoms with Crippen molar-refractivity contribution in [1.82, 2.24) is 5.32 Å². The molecule has 0 aromatic heterocycles. The highest BCUT2D eigenvalue weighted by Crippen LogP contribution is 2.49. The lowest BCUT2D eigenvalue weighted by Crippen LogP contribution is -2.41. The highest BCUT2D eigenvalue weighted by atomic mass is 16.6.